The van der Waals surface area contributed by atoms with Gasteiger partial charge in [0.1, 0.15) is 0 Å². The average Bonchev–Trinajstić information content (AvgIpc) is 2.60. The van der Waals surface area contributed by atoms with Crippen molar-refractivity contribution in [2.45, 2.75) is 12.8 Å². The number of hydrogen-bond acceptors (Lipinski definition) is 7. The number of aliphatic carboxylic acids is 1. The molecule has 1 aliphatic heterocycles. The molecule has 1 N–H and O–H groups in total. The minimum absolute atomic E-state index is 0.104. The fourth-order valence-electron chi connectivity index (χ4n) is 2.64. The standard InChI is InChI=1S/C16H13N3O6/c1-9-13(15(20)21)14(10-4-3-5-11(6-10)19(23)24)12(16(22)25-2)7-18(9)8-17/h3-7,14H,1-2H3,(H,20,21). The lowest BCUT2D eigenvalue weighted by Crippen LogP contribution is -2.29. The molecule has 9 nitrogen and oxygen atoms in total. The second-order valence-electron chi connectivity index (χ2n) is 5.14. The molecule has 1 aliphatic rings. The summed E-state index contributed by atoms with van der Waals surface area (Å²) in [5.74, 6) is -3.28. The Kier molecular flexibility index (Phi) is 4.84. The van der Waals surface area contributed by atoms with Gasteiger partial charge in [-0.2, -0.15) is 5.26 Å². The van der Waals surface area contributed by atoms with Gasteiger partial charge in [0.05, 0.1) is 29.1 Å². The van der Waals surface area contributed by atoms with E-state index in [-0.39, 0.29) is 28.1 Å². The van der Waals surface area contributed by atoms with Crippen molar-refractivity contribution >= 4 is 17.6 Å². The first-order chi connectivity index (χ1) is 11.8. The predicted octanol–water partition coefficient (Wildman–Crippen LogP) is 1.89. The number of nitriles is 1. The Bertz CT molecular complexity index is 865. The molecule has 2 rings (SSSR count). The number of allylic oxidation sites excluding steroid dienone is 1. The second-order valence-corrected chi connectivity index (χ2v) is 5.14. The Balaban J connectivity index is 2.74. The molecule has 1 heterocycles. The minimum Gasteiger partial charge on any atom is -0.478 e. The number of methoxy groups -OCH3 is 1. The monoisotopic (exact) mass is 343 g/mol. The van der Waals surface area contributed by atoms with E-state index in [1.54, 1.807) is 6.19 Å². The number of nitro groups is 1. The van der Waals surface area contributed by atoms with E-state index < -0.39 is 22.8 Å². The van der Waals surface area contributed by atoms with Crippen molar-refractivity contribution in [3.8, 4) is 6.19 Å². The number of nitro benzene ring substituents is 1. The highest BCUT2D eigenvalue weighted by molar-refractivity contribution is 5.98. The number of non-ortho nitro benzene ring substituents is 1. The van der Waals surface area contributed by atoms with Crippen molar-refractivity contribution in [1.29, 1.82) is 5.26 Å². The molecule has 0 saturated heterocycles. The number of ether oxygens (including phenoxy) is 1. The van der Waals surface area contributed by atoms with Crippen LogP contribution in [0.15, 0.2) is 47.3 Å². The fourth-order valence-corrected chi connectivity index (χ4v) is 2.64. The van der Waals surface area contributed by atoms with E-state index in [1.165, 1.54) is 37.4 Å². The number of carbonyl (C=O) groups is 2. The lowest BCUT2D eigenvalue weighted by molar-refractivity contribution is -0.384. The third-order valence-electron chi connectivity index (χ3n) is 3.79. The molecule has 0 aromatic heterocycles. The van der Waals surface area contributed by atoms with Gasteiger partial charge in [-0.25, -0.2) is 9.59 Å². The van der Waals surface area contributed by atoms with Crippen molar-refractivity contribution in [2.75, 3.05) is 7.11 Å². The van der Waals surface area contributed by atoms with Gasteiger partial charge in [0, 0.05) is 24.0 Å². The van der Waals surface area contributed by atoms with Gasteiger partial charge in [-0.15, -0.1) is 0 Å². The van der Waals surface area contributed by atoms with Crippen LogP contribution in [0.1, 0.15) is 18.4 Å². The number of carbonyl (C=O) groups excluding carboxylic acids is 1. The number of carboxylic acids is 1. The van der Waals surface area contributed by atoms with Crippen LogP contribution in [0.25, 0.3) is 0 Å². The molecule has 0 bridgehead atoms. The van der Waals surface area contributed by atoms with Crippen LogP contribution in [-0.4, -0.2) is 34.0 Å². The summed E-state index contributed by atoms with van der Waals surface area (Å²) in [6, 6.07) is 5.33. The summed E-state index contributed by atoms with van der Waals surface area (Å²) in [5.41, 5.74) is -0.233. The molecule has 128 valence electrons. The summed E-state index contributed by atoms with van der Waals surface area (Å²) in [6.45, 7) is 1.42. The maximum Gasteiger partial charge on any atom is 0.336 e. The number of rotatable bonds is 4. The molecular formula is C16H13N3O6. The van der Waals surface area contributed by atoms with Crippen LogP contribution in [0.2, 0.25) is 0 Å². The van der Waals surface area contributed by atoms with Crippen molar-refractivity contribution in [1.82, 2.24) is 4.90 Å². The van der Waals surface area contributed by atoms with E-state index in [0.29, 0.717) is 0 Å². The Hall–Kier alpha value is -3.67. The normalized spacial score (nSPS) is 16.8. The first-order valence-electron chi connectivity index (χ1n) is 6.99. The summed E-state index contributed by atoms with van der Waals surface area (Å²) in [5, 5.41) is 29.8. The van der Waals surface area contributed by atoms with Crippen LogP contribution >= 0.6 is 0 Å². The molecule has 0 amide bonds. The molecule has 0 saturated carbocycles. The molecular weight excluding hydrogens is 330 g/mol. The zero-order valence-electron chi connectivity index (χ0n) is 13.3. The van der Waals surface area contributed by atoms with E-state index >= 15 is 0 Å². The average molecular weight is 343 g/mol. The third-order valence-corrected chi connectivity index (χ3v) is 3.79. The highest BCUT2D eigenvalue weighted by atomic mass is 16.6. The highest BCUT2D eigenvalue weighted by Gasteiger charge is 2.37. The topological polar surface area (TPSA) is 134 Å². The summed E-state index contributed by atoms with van der Waals surface area (Å²) < 4.78 is 4.68. The van der Waals surface area contributed by atoms with Crippen LogP contribution in [0, 0.1) is 21.6 Å². The van der Waals surface area contributed by atoms with E-state index in [1.807, 2.05) is 0 Å². The zero-order valence-corrected chi connectivity index (χ0v) is 13.3. The van der Waals surface area contributed by atoms with Crippen LogP contribution in [0.5, 0.6) is 0 Å². The number of hydrogen-bond donors (Lipinski definition) is 1. The van der Waals surface area contributed by atoms with Crippen LogP contribution in [0.4, 0.5) is 5.69 Å². The second kappa shape index (κ2) is 6.84. The minimum atomic E-state index is -1.34. The molecule has 0 aliphatic carbocycles. The van der Waals surface area contributed by atoms with Crippen LogP contribution < -0.4 is 0 Å². The lowest BCUT2D eigenvalue weighted by atomic mass is 9.81. The largest absolute Gasteiger partial charge is 0.478 e. The summed E-state index contributed by atoms with van der Waals surface area (Å²) in [7, 11) is 1.12. The molecule has 1 aromatic carbocycles. The molecule has 0 spiro atoms. The summed E-state index contributed by atoms with van der Waals surface area (Å²) in [4.78, 5) is 35.2. The van der Waals surface area contributed by atoms with Gasteiger partial charge in [0.15, 0.2) is 6.19 Å². The maximum absolute atomic E-state index is 12.1. The van der Waals surface area contributed by atoms with Gasteiger partial charge < -0.3 is 9.84 Å². The first kappa shape index (κ1) is 17.7. The molecule has 0 fully saturated rings. The number of nitrogens with zero attached hydrogens (tertiary/aromatic N) is 3. The predicted molar refractivity (Wildman–Crippen MR) is 83.7 cm³/mol. The Morgan fingerprint density at radius 1 is 1.44 bits per heavy atom. The third kappa shape index (κ3) is 3.18. The van der Waals surface area contributed by atoms with Gasteiger partial charge in [-0.1, -0.05) is 12.1 Å². The highest BCUT2D eigenvalue weighted by Crippen LogP contribution is 2.40. The van der Waals surface area contributed by atoms with Gasteiger partial charge in [-0.05, 0) is 12.5 Å². The Labute approximate surface area is 142 Å². The first-order valence-corrected chi connectivity index (χ1v) is 6.99. The summed E-state index contributed by atoms with van der Waals surface area (Å²) in [6.07, 6.45) is 2.95. The van der Waals surface area contributed by atoms with Crippen molar-refractivity contribution in [2.24, 2.45) is 0 Å². The molecule has 1 aromatic rings. The van der Waals surface area contributed by atoms with Gasteiger partial charge in [0.25, 0.3) is 5.69 Å². The molecule has 25 heavy (non-hydrogen) atoms. The van der Waals surface area contributed by atoms with Crippen molar-refractivity contribution in [3.63, 3.8) is 0 Å². The molecule has 1 atom stereocenters. The fraction of sp³-hybridized carbons (Fsp3) is 0.188. The van der Waals surface area contributed by atoms with Crippen LogP contribution in [-0.2, 0) is 14.3 Å². The van der Waals surface area contributed by atoms with E-state index in [4.69, 9.17) is 5.26 Å². The van der Waals surface area contributed by atoms with Gasteiger partial charge >= 0.3 is 11.9 Å². The molecule has 1 unspecified atom stereocenters. The molecule has 9 heteroatoms. The van der Waals surface area contributed by atoms with Crippen molar-refractivity contribution < 1.29 is 24.4 Å². The van der Waals surface area contributed by atoms with Crippen LogP contribution in [0.3, 0.4) is 0 Å². The molecule has 0 radical (unpaired) electrons. The van der Waals surface area contributed by atoms with Gasteiger partial charge in [-0.3, -0.25) is 15.0 Å². The number of benzene rings is 1. The Morgan fingerprint density at radius 2 is 2.12 bits per heavy atom. The quantitative estimate of drug-likeness (QED) is 0.379. The van der Waals surface area contributed by atoms with Crippen molar-refractivity contribution in [3.05, 3.63) is 63.0 Å². The lowest BCUT2D eigenvalue weighted by Gasteiger charge is -2.29. The van der Waals surface area contributed by atoms with E-state index in [0.717, 1.165) is 12.0 Å². The summed E-state index contributed by atoms with van der Waals surface area (Å²) >= 11 is 0. The smallest absolute Gasteiger partial charge is 0.336 e. The van der Waals surface area contributed by atoms with Gasteiger partial charge in [0.2, 0.25) is 0 Å². The van der Waals surface area contributed by atoms with E-state index in [9.17, 15) is 24.8 Å². The zero-order chi connectivity index (χ0) is 18.7. The SMILES string of the molecule is COC(=O)C1=CN(C#N)C(C)=C(C(=O)O)C1c1cccc([N+](=O)[O-])c1. The number of esters is 1. The maximum atomic E-state index is 12.1. The van der Waals surface area contributed by atoms with E-state index in [2.05, 4.69) is 4.74 Å². The number of carboxylic acid groups (broad SMARTS) is 1. The Morgan fingerprint density at radius 3 is 2.64 bits per heavy atom.